The van der Waals surface area contributed by atoms with Crippen molar-refractivity contribution >= 4 is 22.3 Å². The largest absolute Gasteiger partial charge is 0.477 e. The third-order valence-corrected chi connectivity index (χ3v) is 3.69. The molecule has 106 valence electrons. The van der Waals surface area contributed by atoms with E-state index in [-0.39, 0.29) is 5.69 Å². The van der Waals surface area contributed by atoms with E-state index in [1.165, 1.54) is 0 Å². The van der Waals surface area contributed by atoms with Crippen molar-refractivity contribution in [3.8, 4) is 11.1 Å². The first-order valence-corrected chi connectivity index (χ1v) is 6.78. The quantitative estimate of drug-likeness (QED) is 0.615. The van der Waals surface area contributed by atoms with Gasteiger partial charge in [-0.15, -0.1) is 0 Å². The lowest BCUT2D eigenvalue weighted by Crippen LogP contribution is -1.99. The molecule has 4 aromatic rings. The molecular weight excluding hydrogens is 278 g/mol. The fourth-order valence-corrected chi connectivity index (χ4v) is 2.63. The third-order valence-electron chi connectivity index (χ3n) is 3.69. The molecule has 0 aliphatic carbocycles. The summed E-state index contributed by atoms with van der Waals surface area (Å²) in [6.45, 7) is 0. The highest BCUT2D eigenvalue weighted by Gasteiger charge is 2.10. The lowest BCUT2D eigenvalue weighted by molar-refractivity contribution is 0.0690. The standard InChI is InChI=1S/C17H11N3O2/c21-17(22)16-9-15-12(10-18-16)2-1-3-14(15)11-5-7-20-13(8-11)4-6-19-20/h1-10H,(H,21,22). The molecule has 0 unspecified atom stereocenters. The van der Waals surface area contributed by atoms with Crippen LogP contribution in [0.4, 0.5) is 0 Å². The van der Waals surface area contributed by atoms with E-state index in [2.05, 4.69) is 10.1 Å². The first kappa shape index (κ1) is 12.5. The van der Waals surface area contributed by atoms with E-state index in [0.29, 0.717) is 0 Å². The average Bonchev–Trinajstić information content (AvgIpc) is 3.01. The maximum atomic E-state index is 11.2. The highest BCUT2D eigenvalue weighted by Crippen LogP contribution is 2.29. The number of fused-ring (bicyclic) bond motifs is 2. The molecule has 22 heavy (non-hydrogen) atoms. The lowest BCUT2D eigenvalue weighted by atomic mass is 9.99. The third kappa shape index (κ3) is 1.91. The van der Waals surface area contributed by atoms with Crippen molar-refractivity contribution in [3.05, 3.63) is 66.7 Å². The monoisotopic (exact) mass is 289 g/mol. The molecular formula is C17H11N3O2. The number of carboxylic acid groups (broad SMARTS) is 1. The molecule has 0 aliphatic heterocycles. The molecule has 5 heteroatoms. The summed E-state index contributed by atoms with van der Waals surface area (Å²) in [5, 5.41) is 15.1. The molecule has 1 N–H and O–H groups in total. The molecule has 3 aromatic heterocycles. The predicted molar refractivity (Wildman–Crippen MR) is 82.9 cm³/mol. The fourth-order valence-electron chi connectivity index (χ4n) is 2.63. The van der Waals surface area contributed by atoms with Gasteiger partial charge in [-0.05, 0) is 40.8 Å². The number of aromatic nitrogens is 3. The average molecular weight is 289 g/mol. The summed E-state index contributed by atoms with van der Waals surface area (Å²) < 4.78 is 1.79. The molecule has 0 atom stereocenters. The van der Waals surface area contributed by atoms with Crippen LogP contribution < -0.4 is 0 Å². The van der Waals surface area contributed by atoms with Gasteiger partial charge in [0.15, 0.2) is 0 Å². The van der Waals surface area contributed by atoms with Gasteiger partial charge >= 0.3 is 5.97 Å². The van der Waals surface area contributed by atoms with Crippen LogP contribution in [0.5, 0.6) is 0 Å². The maximum Gasteiger partial charge on any atom is 0.354 e. The van der Waals surface area contributed by atoms with Crippen molar-refractivity contribution in [1.29, 1.82) is 0 Å². The van der Waals surface area contributed by atoms with Crippen LogP contribution in [0.1, 0.15) is 10.5 Å². The molecule has 5 nitrogen and oxygen atoms in total. The van der Waals surface area contributed by atoms with Crippen LogP contribution >= 0.6 is 0 Å². The number of rotatable bonds is 2. The molecule has 3 heterocycles. The van der Waals surface area contributed by atoms with E-state index in [9.17, 15) is 4.79 Å². The van der Waals surface area contributed by atoms with Gasteiger partial charge in [0, 0.05) is 24.0 Å². The zero-order valence-corrected chi connectivity index (χ0v) is 11.5. The zero-order chi connectivity index (χ0) is 15.1. The van der Waals surface area contributed by atoms with Crippen LogP contribution in [0.25, 0.3) is 27.4 Å². The molecule has 4 rings (SSSR count). The number of hydrogen-bond donors (Lipinski definition) is 1. The van der Waals surface area contributed by atoms with E-state index in [1.807, 2.05) is 42.6 Å². The maximum absolute atomic E-state index is 11.2. The van der Waals surface area contributed by atoms with E-state index >= 15 is 0 Å². The number of carboxylic acids is 1. The molecule has 0 amide bonds. The van der Waals surface area contributed by atoms with Crippen LogP contribution in [-0.2, 0) is 0 Å². The Morgan fingerprint density at radius 2 is 2.05 bits per heavy atom. The van der Waals surface area contributed by atoms with Crippen molar-refractivity contribution in [2.24, 2.45) is 0 Å². The highest BCUT2D eigenvalue weighted by atomic mass is 16.4. The Labute approximate surface area is 125 Å². The van der Waals surface area contributed by atoms with Gasteiger partial charge in [0.1, 0.15) is 5.69 Å². The van der Waals surface area contributed by atoms with Crippen LogP contribution in [0.15, 0.2) is 61.1 Å². The first-order valence-electron chi connectivity index (χ1n) is 6.78. The van der Waals surface area contributed by atoms with Gasteiger partial charge in [0.25, 0.3) is 0 Å². The van der Waals surface area contributed by atoms with Gasteiger partial charge < -0.3 is 5.11 Å². The Bertz CT molecular complexity index is 1020. The fraction of sp³-hybridized carbons (Fsp3) is 0. The normalized spacial score (nSPS) is 11.1. The molecule has 1 aromatic carbocycles. The van der Waals surface area contributed by atoms with Crippen LogP contribution in [-0.4, -0.2) is 25.7 Å². The summed E-state index contributed by atoms with van der Waals surface area (Å²) in [7, 11) is 0. The van der Waals surface area contributed by atoms with E-state index < -0.39 is 5.97 Å². The smallest absolute Gasteiger partial charge is 0.354 e. The number of nitrogens with zero attached hydrogens (tertiary/aromatic N) is 3. The van der Waals surface area contributed by atoms with Crippen LogP contribution in [0.2, 0.25) is 0 Å². The minimum Gasteiger partial charge on any atom is -0.477 e. The van der Waals surface area contributed by atoms with Crippen molar-refractivity contribution < 1.29 is 9.90 Å². The van der Waals surface area contributed by atoms with Crippen molar-refractivity contribution in [1.82, 2.24) is 14.6 Å². The Kier molecular flexibility index (Phi) is 2.66. The Hall–Kier alpha value is -3.21. The molecule has 0 radical (unpaired) electrons. The van der Waals surface area contributed by atoms with Crippen molar-refractivity contribution in [2.45, 2.75) is 0 Å². The van der Waals surface area contributed by atoms with Crippen LogP contribution in [0, 0.1) is 0 Å². The van der Waals surface area contributed by atoms with Gasteiger partial charge in [-0.3, -0.25) is 0 Å². The second-order valence-electron chi connectivity index (χ2n) is 5.02. The summed E-state index contributed by atoms with van der Waals surface area (Å²) in [4.78, 5) is 15.1. The van der Waals surface area contributed by atoms with Gasteiger partial charge in [-0.25, -0.2) is 14.3 Å². The second-order valence-corrected chi connectivity index (χ2v) is 5.02. The van der Waals surface area contributed by atoms with E-state index in [1.54, 1.807) is 23.0 Å². The Balaban J connectivity index is 2.00. The number of aromatic carboxylic acids is 1. The van der Waals surface area contributed by atoms with Gasteiger partial charge in [-0.2, -0.15) is 5.10 Å². The van der Waals surface area contributed by atoms with Crippen LogP contribution in [0.3, 0.4) is 0 Å². The summed E-state index contributed by atoms with van der Waals surface area (Å²) >= 11 is 0. The molecule has 0 saturated heterocycles. The van der Waals surface area contributed by atoms with Crippen molar-refractivity contribution in [3.63, 3.8) is 0 Å². The number of hydrogen-bond acceptors (Lipinski definition) is 3. The summed E-state index contributed by atoms with van der Waals surface area (Å²) in [6, 6.07) is 13.4. The van der Waals surface area contributed by atoms with Gasteiger partial charge in [0.2, 0.25) is 0 Å². The number of pyridine rings is 2. The minimum absolute atomic E-state index is 0.0466. The molecule has 0 aliphatic rings. The Morgan fingerprint density at radius 3 is 2.91 bits per heavy atom. The van der Waals surface area contributed by atoms with Gasteiger partial charge in [-0.1, -0.05) is 18.2 Å². The second kappa shape index (κ2) is 4.66. The molecule has 0 saturated carbocycles. The Morgan fingerprint density at radius 1 is 1.14 bits per heavy atom. The summed E-state index contributed by atoms with van der Waals surface area (Å²) in [5.74, 6) is -1.03. The summed E-state index contributed by atoms with van der Waals surface area (Å²) in [6.07, 6.45) is 5.23. The SMILES string of the molecule is O=C(O)c1cc2c(-c3ccn4nccc4c3)cccc2cn1. The number of benzene rings is 1. The predicted octanol–water partition coefficient (Wildman–Crippen LogP) is 3.25. The topological polar surface area (TPSA) is 67.5 Å². The van der Waals surface area contributed by atoms with Crippen molar-refractivity contribution in [2.75, 3.05) is 0 Å². The zero-order valence-electron chi connectivity index (χ0n) is 11.5. The van der Waals surface area contributed by atoms with Gasteiger partial charge in [0.05, 0.1) is 5.52 Å². The molecule has 0 fully saturated rings. The minimum atomic E-state index is -1.03. The lowest BCUT2D eigenvalue weighted by Gasteiger charge is -2.08. The number of carbonyl (C=O) groups is 1. The first-order chi connectivity index (χ1) is 10.7. The summed E-state index contributed by atoms with van der Waals surface area (Å²) in [5.41, 5.74) is 3.03. The molecule has 0 spiro atoms. The van der Waals surface area contributed by atoms with E-state index in [4.69, 9.17) is 5.11 Å². The highest BCUT2D eigenvalue weighted by molar-refractivity contribution is 6.00. The van der Waals surface area contributed by atoms with E-state index in [0.717, 1.165) is 27.4 Å². The molecule has 0 bridgehead atoms.